The molecule has 0 radical (unpaired) electrons. The second-order valence-corrected chi connectivity index (χ2v) is 11.9. The number of carbonyl (C=O) groups is 3. The highest BCUT2D eigenvalue weighted by Gasteiger charge is 2.57. The third-order valence-electron chi connectivity index (χ3n) is 6.13. The first kappa shape index (κ1) is 24.3. The average Bonchev–Trinajstić information content (AvgIpc) is 2.63. The van der Waals surface area contributed by atoms with Gasteiger partial charge in [0.15, 0.2) is 14.8 Å². The van der Waals surface area contributed by atoms with Crippen LogP contribution in [-0.2, 0) is 18.8 Å². The first-order valence-electron chi connectivity index (χ1n) is 10.6. The molecule has 1 fully saturated rings. The SMILES string of the molecule is C=CCOC(=O)N1CC=C(C(=O)C[C@H]2NC(=O)[C@@H]2[C@@](C)(O[SiH](C)C)C(C)(C)C)CC1. The third-order valence-corrected chi connectivity index (χ3v) is 7.09. The molecule has 30 heavy (non-hydrogen) atoms. The van der Waals surface area contributed by atoms with E-state index in [1.165, 1.54) is 6.08 Å². The summed E-state index contributed by atoms with van der Waals surface area (Å²) in [6.07, 6.45) is 3.64. The fraction of sp³-hybridized carbons (Fsp3) is 0.682. The molecule has 0 aromatic rings. The number of hydrogen-bond acceptors (Lipinski definition) is 5. The van der Waals surface area contributed by atoms with Crippen LogP contribution in [0.25, 0.3) is 0 Å². The highest BCUT2D eigenvalue weighted by molar-refractivity contribution is 6.48. The molecule has 0 aromatic carbocycles. The summed E-state index contributed by atoms with van der Waals surface area (Å²) in [6.45, 7) is 16.9. The molecule has 0 aliphatic carbocycles. The number of ether oxygens (including phenoxy) is 1. The lowest BCUT2D eigenvalue weighted by atomic mass is 9.63. The molecule has 2 heterocycles. The van der Waals surface area contributed by atoms with Gasteiger partial charge in [0.25, 0.3) is 0 Å². The molecule has 1 N–H and O–H groups in total. The molecule has 1 saturated heterocycles. The van der Waals surface area contributed by atoms with Crippen molar-refractivity contribution in [2.45, 2.75) is 65.3 Å². The number of nitrogens with one attached hydrogen (secondary N) is 1. The number of hydrogen-bond donors (Lipinski definition) is 1. The second-order valence-electron chi connectivity index (χ2n) is 9.53. The van der Waals surface area contributed by atoms with Crippen molar-refractivity contribution in [2.24, 2.45) is 11.3 Å². The van der Waals surface area contributed by atoms with E-state index in [4.69, 9.17) is 9.16 Å². The number of carbonyl (C=O) groups excluding carboxylic acids is 3. The molecule has 2 aliphatic heterocycles. The van der Waals surface area contributed by atoms with Crippen molar-refractivity contribution in [1.82, 2.24) is 10.2 Å². The minimum atomic E-state index is -1.41. The van der Waals surface area contributed by atoms with Crippen molar-refractivity contribution in [3.05, 3.63) is 24.3 Å². The van der Waals surface area contributed by atoms with Crippen LogP contribution in [0.3, 0.4) is 0 Å². The maximum absolute atomic E-state index is 12.9. The number of rotatable bonds is 8. The van der Waals surface area contributed by atoms with Gasteiger partial charge >= 0.3 is 6.09 Å². The quantitative estimate of drug-likeness (QED) is 0.359. The minimum absolute atomic E-state index is 0.0159. The summed E-state index contributed by atoms with van der Waals surface area (Å²) < 4.78 is 11.4. The molecule has 7 nitrogen and oxygen atoms in total. The molecule has 0 bridgehead atoms. The summed E-state index contributed by atoms with van der Waals surface area (Å²) in [5, 5.41) is 2.92. The van der Waals surface area contributed by atoms with Gasteiger partial charge in [0.2, 0.25) is 5.91 Å². The maximum atomic E-state index is 12.9. The predicted octanol–water partition coefficient (Wildman–Crippen LogP) is 2.82. The maximum Gasteiger partial charge on any atom is 0.410 e. The Kier molecular flexibility index (Phi) is 7.68. The number of β-lactam (4-membered cyclic amide) rings is 1. The van der Waals surface area contributed by atoms with Gasteiger partial charge in [-0.25, -0.2) is 4.79 Å². The average molecular weight is 437 g/mol. The lowest BCUT2D eigenvalue weighted by molar-refractivity contribution is -0.160. The van der Waals surface area contributed by atoms with Crippen LogP contribution in [0.15, 0.2) is 24.3 Å². The molecule has 2 amide bonds. The largest absolute Gasteiger partial charge is 0.445 e. The number of ketones is 1. The molecular weight excluding hydrogens is 400 g/mol. The van der Waals surface area contributed by atoms with E-state index < -0.39 is 20.7 Å². The Labute approximate surface area is 181 Å². The van der Waals surface area contributed by atoms with E-state index in [1.54, 1.807) is 11.0 Å². The van der Waals surface area contributed by atoms with Gasteiger partial charge in [-0.2, -0.15) is 0 Å². The molecule has 168 valence electrons. The Hall–Kier alpha value is -1.93. The molecular formula is C22H36N2O5Si. The minimum Gasteiger partial charge on any atom is -0.445 e. The van der Waals surface area contributed by atoms with Crippen molar-refractivity contribution in [3.63, 3.8) is 0 Å². The first-order valence-corrected chi connectivity index (χ1v) is 13.4. The number of nitrogens with zero attached hydrogens (tertiary/aromatic N) is 1. The summed E-state index contributed by atoms with van der Waals surface area (Å²) in [4.78, 5) is 38.9. The van der Waals surface area contributed by atoms with Gasteiger partial charge in [-0.05, 0) is 37.4 Å². The lowest BCUT2D eigenvalue weighted by Crippen LogP contribution is -2.70. The predicted molar refractivity (Wildman–Crippen MR) is 119 cm³/mol. The van der Waals surface area contributed by atoms with Crippen molar-refractivity contribution < 1.29 is 23.5 Å². The zero-order valence-corrected chi connectivity index (χ0v) is 20.3. The molecule has 0 aromatic heterocycles. The fourth-order valence-corrected chi connectivity index (χ4v) is 5.57. The normalized spacial score (nSPS) is 23.8. The zero-order valence-electron chi connectivity index (χ0n) is 19.1. The van der Waals surface area contributed by atoms with Crippen molar-refractivity contribution in [3.8, 4) is 0 Å². The van der Waals surface area contributed by atoms with Crippen LogP contribution in [-0.4, -0.2) is 63.1 Å². The van der Waals surface area contributed by atoms with Gasteiger partial charge in [-0.1, -0.05) is 39.5 Å². The molecule has 0 unspecified atom stereocenters. The summed E-state index contributed by atoms with van der Waals surface area (Å²) >= 11 is 0. The van der Waals surface area contributed by atoms with E-state index >= 15 is 0 Å². The van der Waals surface area contributed by atoms with Gasteiger partial charge in [0.1, 0.15) is 6.61 Å². The summed E-state index contributed by atoms with van der Waals surface area (Å²) in [5.74, 6) is -0.387. The number of Topliss-reactive ketones (excluding diaryl/α,β-unsaturated/α-hetero) is 1. The van der Waals surface area contributed by atoms with Crippen molar-refractivity contribution in [2.75, 3.05) is 19.7 Å². The smallest absolute Gasteiger partial charge is 0.410 e. The Morgan fingerprint density at radius 1 is 1.33 bits per heavy atom. The van der Waals surface area contributed by atoms with E-state index in [-0.39, 0.29) is 42.1 Å². The second kappa shape index (κ2) is 9.47. The van der Waals surface area contributed by atoms with Crippen molar-refractivity contribution in [1.29, 1.82) is 0 Å². The van der Waals surface area contributed by atoms with Gasteiger partial charge < -0.3 is 19.4 Å². The van der Waals surface area contributed by atoms with Gasteiger partial charge in [-0.3, -0.25) is 9.59 Å². The van der Waals surface area contributed by atoms with Crippen LogP contribution in [0.5, 0.6) is 0 Å². The molecule has 2 rings (SSSR count). The summed E-state index contributed by atoms with van der Waals surface area (Å²) in [7, 11) is -1.41. The van der Waals surface area contributed by atoms with Crippen LogP contribution in [0.2, 0.25) is 13.1 Å². The van der Waals surface area contributed by atoms with Crippen molar-refractivity contribution >= 4 is 26.8 Å². The Balaban J connectivity index is 2.05. The van der Waals surface area contributed by atoms with E-state index in [1.807, 2.05) is 6.92 Å². The summed E-state index contributed by atoms with van der Waals surface area (Å²) in [5.41, 5.74) is -0.170. The highest BCUT2D eigenvalue weighted by atomic mass is 28.3. The molecule has 0 spiro atoms. The van der Waals surface area contributed by atoms with E-state index in [0.29, 0.717) is 25.1 Å². The molecule has 0 saturated carbocycles. The zero-order chi connectivity index (χ0) is 22.7. The van der Waals surface area contributed by atoms with Crippen LogP contribution in [0, 0.1) is 11.3 Å². The van der Waals surface area contributed by atoms with Gasteiger partial charge in [0.05, 0.1) is 17.6 Å². The molecule has 8 heteroatoms. The van der Waals surface area contributed by atoms with E-state index in [0.717, 1.165) is 0 Å². The van der Waals surface area contributed by atoms with Crippen LogP contribution < -0.4 is 5.32 Å². The highest BCUT2D eigenvalue weighted by Crippen LogP contribution is 2.45. The Bertz CT molecular complexity index is 728. The van der Waals surface area contributed by atoms with Gasteiger partial charge in [0, 0.05) is 19.5 Å². The van der Waals surface area contributed by atoms with Crippen LogP contribution in [0.4, 0.5) is 4.79 Å². The third kappa shape index (κ3) is 5.21. The monoisotopic (exact) mass is 436 g/mol. The van der Waals surface area contributed by atoms with Crippen LogP contribution in [0.1, 0.15) is 40.5 Å². The summed E-state index contributed by atoms with van der Waals surface area (Å²) in [6, 6.07) is -0.238. The van der Waals surface area contributed by atoms with E-state index in [9.17, 15) is 14.4 Å². The molecule has 3 atom stereocenters. The molecule has 2 aliphatic rings. The van der Waals surface area contributed by atoms with E-state index in [2.05, 4.69) is 45.8 Å². The number of amides is 2. The van der Waals surface area contributed by atoms with Gasteiger partial charge in [-0.15, -0.1) is 0 Å². The Morgan fingerprint density at radius 2 is 2.00 bits per heavy atom. The topological polar surface area (TPSA) is 84.9 Å². The Morgan fingerprint density at radius 3 is 2.47 bits per heavy atom. The fourth-order valence-electron chi connectivity index (χ4n) is 4.09. The standard InChI is InChI=1S/C22H36N2O5Si/c1-8-13-28-20(27)24-11-9-15(10-12-24)17(25)14-16-18(19(26)23-16)22(5,21(2,3)4)29-30(6)7/h8-9,16,18,30H,1,10-14H2,2-7H3,(H,23,26)/t16-,18-,22-/m1/s1. The lowest BCUT2D eigenvalue weighted by Gasteiger charge is -2.54. The van der Waals surface area contributed by atoms with Crippen LogP contribution >= 0.6 is 0 Å². The first-order chi connectivity index (χ1) is 13.9.